The molecule has 152 valence electrons. The second-order valence-electron chi connectivity index (χ2n) is 7.56. The number of anilines is 1. The molecule has 1 aromatic carbocycles. The molecule has 0 bridgehead atoms. The Kier molecular flexibility index (Phi) is 4.83. The van der Waals surface area contributed by atoms with Crippen molar-refractivity contribution < 1.29 is 4.39 Å². The first-order valence-corrected chi connectivity index (χ1v) is 11.0. The zero-order valence-corrected chi connectivity index (χ0v) is 18.2. The van der Waals surface area contributed by atoms with E-state index in [1.54, 1.807) is 17.7 Å². The van der Waals surface area contributed by atoms with E-state index in [1.165, 1.54) is 11.6 Å². The topological polar surface area (TPSA) is 53.6 Å². The molecule has 0 radical (unpaired) electrons. The third-order valence-electron chi connectivity index (χ3n) is 5.64. The Hall–Kier alpha value is -2.70. The fourth-order valence-corrected chi connectivity index (χ4v) is 5.25. The molecule has 0 fully saturated rings. The standard InChI is InChI=1S/C23H20ClFN4S/c1-12-3-4-17(25)22-21(12)15(13(2)29-22)7-8-26-23-16-9-14(10-18(16)27-11-28-23)19-5-6-20(24)30-19/h3-6,10-11,29H,7-9H2,1-2H3,(H,26,27,28). The number of thiophene rings is 1. The van der Waals surface area contributed by atoms with Crippen molar-refractivity contribution in [1.82, 2.24) is 15.0 Å². The van der Waals surface area contributed by atoms with Crippen LogP contribution in [0.15, 0.2) is 30.6 Å². The molecule has 1 aliphatic rings. The van der Waals surface area contributed by atoms with Crippen LogP contribution in [0.2, 0.25) is 4.34 Å². The largest absolute Gasteiger partial charge is 0.369 e. The van der Waals surface area contributed by atoms with Gasteiger partial charge in [0.1, 0.15) is 18.0 Å². The Morgan fingerprint density at radius 2 is 2.07 bits per heavy atom. The minimum atomic E-state index is -0.209. The first-order valence-electron chi connectivity index (χ1n) is 9.81. The van der Waals surface area contributed by atoms with Crippen LogP contribution in [0.5, 0.6) is 0 Å². The lowest BCUT2D eigenvalue weighted by atomic mass is 10.0. The van der Waals surface area contributed by atoms with E-state index >= 15 is 0 Å². The molecule has 7 heteroatoms. The lowest BCUT2D eigenvalue weighted by molar-refractivity contribution is 0.637. The molecule has 0 saturated carbocycles. The summed E-state index contributed by atoms with van der Waals surface area (Å²) in [5, 5.41) is 4.46. The number of aryl methyl sites for hydroxylation is 2. The number of nitrogens with one attached hydrogen (secondary N) is 2. The van der Waals surface area contributed by atoms with E-state index in [0.29, 0.717) is 12.1 Å². The van der Waals surface area contributed by atoms with Crippen LogP contribution in [-0.2, 0) is 12.8 Å². The van der Waals surface area contributed by atoms with Gasteiger partial charge in [-0.3, -0.25) is 0 Å². The molecular formula is C23H20ClFN4S. The second-order valence-corrected chi connectivity index (χ2v) is 9.27. The van der Waals surface area contributed by atoms with Crippen LogP contribution in [0.25, 0.3) is 22.6 Å². The molecule has 5 rings (SSSR count). The third-order valence-corrected chi connectivity index (χ3v) is 6.95. The summed E-state index contributed by atoms with van der Waals surface area (Å²) in [6.45, 7) is 4.72. The number of H-pyrrole nitrogens is 1. The number of benzene rings is 1. The summed E-state index contributed by atoms with van der Waals surface area (Å²) in [7, 11) is 0. The Labute approximate surface area is 182 Å². The van der Waals surface area contributed by atoms with Gasteiger partial charge in [-0.05, 0) is 61.2 Å². The number of aromatic nitrogens is 3. The molecule has 4 aromatic rings. The molecule has 0 unspecified atom stereocenters. The number of nitrogens with zero attached hydrogens (tertiary/aromatic N) is 2. The van der Waals surface area contributed by atoms with E-state index in [2.05, 4.69) is 26.3 Å². The van der Waals surface area contributed by atoms with E-state index in [1.807, 2.05) is 32.0 Å². The monoisotopic (exact) mass is 438 g/mol. The number of aromatic amines is 1. The Morgan fingerprint density at radius 1 is 1.20 bits per heavy atom. The summed E-state index contributed by atoms with van der Waals surface area (Å²) in [6.07, 6.45) is 5.26. The van der Waals surface area contributed by atoms with Crippen molar-refractivity contribution in [3.05, 3.63) is 73.7 Å². The first kappa shape index (κ1) is 19.3. The normalized spacial score (nSPS) is 13.0. The molecule has 0 aliphatic heterocycles. The fraction of sp³-hybridized carbons (Fsp3) is 0.217. The van der Waals surface area contributed by atoms with Crippen molar-refractivity contribution in [2.45, 2.75) is 26.7 Å². The molecule has 0 atom stereocenters. The summed E-state index contributed by atoms with van der Waals surface area (Å²) < 4.78 is 15.0. The molecule has 30 heavy (non-hydrogen) atoms. The summed E-state index contributed by atoms with van der Waals surface area (Å²) in [6, 6.07) is 7.32. The van der Waals surface area contributed by atoms with Crippen molar-refractivity contribution in [1.29, 1.82) is 0 Å². The number of rotatable bonds is 5. The molecule has 0 amide bonds. The Balaban J connectivity index is 1.35. The number of fused-ring (bicyclic) bond motifs is 2. The third kappa shape index (κ3) is 3.30. The highest BCUT2D eigenvalue weighted by atomic mass is 35.5. The highest BCUT2D eigenvalue weighted by Crippen LogP contribution is 2.37. The van der Waals surface area contributed by atoms with Crippen LogP contribution in [0.3, 0.4) is 0 Å². The maximum Gasteiger partial charge on any atom is 0.147 e. The van der Waals surface area contributed by atoms with Crippen LogP contribution >= 0.6 is 22.9 Å². The predicted molar refractivity (Wildman–Crippen MR) is 123 cm³/mol. The lowest BCUT2D eigenvalue weighted by Gasteiger charge is -2.10. The van der Waals surface area contributed by atoms with E-state index < -0.39 is 0 Å². The van der Waals surface area contributed by atoms with Crippen LogP contribution < -0.4 is 5.32 Å². The maximum absolute atomic E-state index is 14.2. The average molecular weight is 439 g/mol. The van der Waals surface area contributed by atoms with Crippen molar-refractivity contribution in [2.75, 3.05) is 11.9 Å². The average Bonchev–Trinajstić information content (AvgIpc) is 3.42. The Bertz CT molecular complexity index is 1300. The van der Waals surface area contributed by atoms with Crippen LogP contribution in [0.1, 0.15) is 33.0 Å². The van der Waals surface area contributed by atoms with Crippen molar-refractivity contribution in [2.24, 2.45) is 0 Å². The van der Waals surface area contributed by atoms with Crippen molar-refractivity contribution in [3.8, 4) is 0 Å². The first-order chi connectivity index (χ1) is 14.5. The van der Waals surface area contributed by atoms with E-state index in [9.17, 15) is 4.39 Å². The van der Waals surface area contributed by atoms with E-state index in [-0.39, 0.29) is 5.82 Å². The zero-order chi connectivity index (χ0) is 20.8. The lowest BCUT2D eigenvalue weighted by Crippen LogP contribution is -2.10. The minimum Gasteiger partial charge on any atom is -0.369 e. The van der Waals surface area contributed by atoms with Gasteiger partial charge in [-0.25, -0.2) is 14.4 Å². The number of halogens is 2. The molecule has 1 aliphatic carbocycles. The summed E-state index contributed by atoms with van der Waals surface area (Å²) in [4.78, 5) is 13.3. The van der Waals surface area contributed by atoms with Gasteiger partial charge >= 0.3 is 0 Å². The molecular weight excluding hydrogens is 419 g/mol. The van der Waals surface area contributed by atoms with E-state index in [0.717, 1.165) is 61.3 Å². The summed E-state index contributed by atoms with van der Waals surface area (Å²) >= 11 is 7.68. The van der Waals surface area contributed by atoms with Gasteiger partial charge in [0.05, 0.1) is 15.5 Å². The van der Waals surface area contributed by atoms with Gasteiger partial charge in [0.2, 0.25) is 0 Å². The van der Waals surface area contributed by atoms with Gasteiger partial charge in [0, 0.05) is 34.5 Å². The maximum atomic E-state index is 14.2. The zero-order valence-electron chi connectivity index (χ0n) is 16.6. The highest BCUT2D eigenvalue weighted by molar-refractivity contribution is 7.17. The quantitative estimate of drug-likeness (QED) is 0.391. The molecule has 3 heterocycles. The van der Waals surface area contributed by atoms with Crippen LogP contribution in [0, 0.1) is 19.7 Å². The molecule has 3 aromatic heterocycles. The highest BCUT2D eigenvalue weighted by Gasteiger charge is 2.21. The number of hydrogen-bond donors (Lipinski definition) is 2. The van der Waals surface area contributed by atoms with Gasteiger partial charge in [-0.15, -0.1) is 11.3 Å². The Morgan fingerprint density at radius 3 is 2.87 bits per heavy atom. The summed E-state index contributed by atoms with van der Waals surface area (Å²) in [5.74, 6) is 0.646. The number of hydrogen-bond acceptors (Lipinski definition) is 4. The second kappa shape index (κ2) is 7.52. The molecule has 0 saturated heterocycles. The van der Waals surface area contributed by atoms with Gasteiger partial charge in [-0.2, -0.15) is 0 Å². The van der Waals surface area contributed by atoms with Gasteiger partial charge in [-0.1, -0.05) is 17.7 Å². The molecule has 0 spiro atoms. The summed E-state index contributed by atoms with van der Waals surface area (Å²) in [5.41, 5.74) is 7.09. The van der Waals surface area contributed by atoms with Gasteiger partial charge in [0.25, 0.3) is 0 Å². The fourth-order valence-electron chi connectivity index (χ4n) is 4.19. The van der Waals surface area contributed by atoms with Crippen molar-refractivity contribution in [3.63, 3.8) is 0 Å². The van der Waals surface area contributed by atoms with Crippen LogP contribution in [-0.4, -0.2) is 21.5 Å². The molecule has 4 nitrogen and oxygen atoms in total. The predicted octanol–water partition coefficient (Wildman–Crippen LogP) is 6.18. The van der Waals surface area contributed by atoms with Crippen molar-refractivity contribution >= 4 is 51.3 Å². The van der Waals surface area contributed by atoms with Gasteiger partial charge in [0.15, 0.2) is 0 Å². The number of allylic oxidation sites excluding steroid dienone is 1. The molecule has 2 N–H and O–H groups in total. The smallest absolute Gasteiger partial charge is 0.147 e. The SMILES string of the molecule is Cc1[nH]c2c(F)ccc(C)c2c1CCNc1ncnc2c1CC(c1ccc(Cl)s1)=C2. The van der Waals surface area contributed by atoms with Crippen LogP contribution in [0.4, 0.5) is 10.2 Å². The minimum absolute atomic E-state index is 0.209. The van der Waals surface area contributed by atoms with E-state index in [4.69, 9.17) is 11.6 Å². The van der Waals surface area contributed by atoms with Gasteiger partial charge < -0.3 is 10.3 Å².